The molecule has 0 saturated carbocycles. The maximum atomic E-state index is 8.67. The molecule has 1 atom stereocenters. The number of nitrogens with zero attached hydrogens (tertiary/aromatic N) is 1. The number of carboxylic acid groups (broad SMARTS) is 1. The van der Waals surface area contributed by atoms with Crippen molar-refractivity contribution in [3.63, 3.8) is 0 Å². The van der Waals surface area contributed by atoms with E-state index in [1.807, 2.05) is 19.2 Å². The van der Waals surface area contributed by atoms with Gasteiger partial charge in [0.2, 0.25) is 0 Å². The van der Waals surface area contributed by atoms with E-state index in [-0.39, 0.29) is 12.6 Å². The molecule has 4 rings (SSSR count). The lowest BCUT2D eigenvalue weighted by Gasteiger charge is -1.95. The Hall–Kier alpha value is -2.26. The molecule has 2 saturated heterocycles. The zero-order valence-corrected chi connectivity index (χ0v) is 19.8. The fourth-order valence-corrected chi connectivity index (χ4v) is 2.69. The van der Waals surface area contributed by atoms with Gasteiger partial charge in [-0.2, -0.15) is 0 Å². The Morgan fingerprint density at radius 3 is 2.09 bits per heavy atom. The first-order chi connectivity index (χ1) is 15.6. The van der Waals surface area contributed by atoms with Crippen molar-refractivity contribution in [2.24, 2.45) is 0 Å². The first-order valence-electron chi connectivity index (χ1n) is 11.4. The zero-order chi connectivity index (χ0) is 23.9. The van der Waals surface area contributed by atoms with Crippen molar-refractivity contribution >= 4 is 6.47 Å². The molecule has 8 nitrogen and oxygen atoms in total. The highest BCUT2D eigenvalue weighted by atomic mass is 16.3. The summed E-state index contributed by atoms with van der Waals surface area (Å²) in [5, 5.41) is 24.9. The fraction of sp³-hybridized carbons (Fsp3) is 0.583. The highest BCUT2D eigenvalue weighted by Crippen LogP contribution is 2.18. The third-order valence-corrected chi connectivity index (χ3v) is 4.61. The standard InChI is InChI=1S/C10H9NO.C6H13N.C4H9NO.C3H9N.CH2O2/c1-8-2-4-9(5-3-8)10-6-11-7-12-10;1-2-4-6-7-5-3-1;6-4-1-2-5-3-4;1-3-4-2;2-1-3/h2-7H,1H3;7H,1-6H2;4-6H,1-3H2;4H,3H2,1-2H3;1H,(H,2,3). The van der Waals surface area contributed by atoms with Gasteiger partial charge in [-0.05, 0) is 59.4 Å². The lowest BCUT2D eigenvalue weighted by molar-refractivity contribution is -0.122. The van der Waals surface area contributed by atoms with Gasteiger partial charge in [-0.25, -0.2) is 4.98 Å². The number of hydrogen-bond donors (Lipinski definition) is 5. The smallest absolute Gasteiger partial charge is 0.290 e. The van der Waals surface area contributed by atoms with E-state index in [1.165, 1.54) is 50.7 Å². The molecule has 3 heterocycles. The van der Waals surface area contributed by atoms with Crippen molar-refractivity contribution in [2.75, 3.05) is 39.8 Å². The van der Waals surface area contributed by atoms with Crippen LogP contribution < -0.4 is 16.0 Å². The van der Waals surface area contributed by atoms with Crippen LogP contribution in [0.1, 0.15) is 44.6 Å². The largest absolute Gasteiger partial charge is 0.483 e. The SMILES string of the molecule is C1CCCNCC1.CCNC.Cc1ccc(-c2cnco2)cc1.O=CO.OC1CCNC1. The van der Waals surface area contributed by atoms with Crippen LogP contribution in [0.5, 0.6) is 0 Å². The van der Waals surface area contributed by atoms with Crippen LogP contribution in [0, 0.1) is 6.92 Å². The van der Waals surface area contributed by atoms with Gasteiger partial charge in [-0.15, -0.1) is 0 Å². The number of aliphatic hydroxyl groups excluding tert-OH is 1. The molecular formula is C24H42N4O4. The van der Waals surface area contributed by atoms with Crippen molar-refractivity contribution in [3.05, 3.63) is 42.4 Å². The molecule has 32 heavy (non-hydrogen) atoms. The third kappa shape index (κ3) is 17.4. The molecule has 2 fully saturated rings. The second-order valence-corrected chi connectivity index (χ2v) is 7.36. The van der Waals surface area contributed by atoms with Crippen molar-refractivity contribution in [1.29, 1.82) is 0 Å². The quantitative estimate of drug-likeness (QED) is 0.443. The van der Waals surface area contributed by atoms with Crippen LogP contribution in [0.15, 0.2) is 41.3 Å². The second kappa shape index (κ2) is 22.0. The molecule has 2 aliphatic heterocycles. The van der Waals surface area contributed by atoms with Gasteiger partial charge in [0.25, 0.3) is 6.47 Å². The predicted octanol–water partition coefficient (Wildman–Crippen LogP) is 3.07. The van der Waals surface area contributed by atoms with Crippen molar-refractivity contribution in [1.82, 2.24) is 20.9 Å². The summed E-state index contributed by atoms with van der Waals surface area (Å²) >= 11 is 0. The van der Waals surface area contributed by atoms with Gasteiger partial charge in [0, 0.05) is 12.1 Å². The summed E-state index contributed by atoms with van der Waals surface area (Å²) < 4.78 is 5.15. The second-order valence-electron chi connectivity index (χ2n) is 7.36. The summed E-state index contributed by atoms with van der Waals surface area (Å²) in [5.74, 6) is 0.815. The van der Waals surface area contributed by atoms with E-state index in [0.29, 0.717) is 0 Å². The van der Waals surface area contributed by atoms with E-state index in [0.717, 1.165) is 37.4 Å². The Labute approximate surface area is 192 Å². The van der Waals surface area contributed by atoms with Crippen LogP contribution >= 0.6 is 0 Å². The van der Waals surface area contributed by atoms with Crippen molar-refractivity contribution < 1.29 is 19.4 Å². The number of hydrogen-bond acceptors (Lipinski definition) is 7. The third-order valence-electron chi connectivity index (χ3n) is 4.61. The summed E-state index contributed by atoms with van der Waals surface area (Å²) in [7, 11) is 1.93. The molecule has 0 spiro atoms. The van der Waals surface area contributed by atoms with Crippen LogP contribution in [-0.2, 0) is 4.79 Å². The monoisotopic (exact) mass is 450 g/mol. The minimum atomic E-state index is -0.250. The molecule has 1 aromatic heterocycles. The summed E-state index contributed by atoms with van der Waals surface area (Å²) in [4.78, 5) is 12.2. The normalized spacial score (nSPS) is 16.8. The first-order valence-corrected chi connectivity index (χ1v) is 11.4. The van der Waals surface area contributed by atoms with Crippen LogP contribution in [-0.4, -0.2) is 67.5 Å². The lowest BCUT2D eigenvalue weighted by atomic mass is 10.1. The Morgan fingerprint density at radius 2 is 1.72 bits per heavy atom. The van der Waals surface area contributed by atoms with Crippen LogP contribution in [0.25, 0.3) is 11.3 Å². The molecule has 0 bridgehead atoms. The van der Waals surface area contributed by atoms with Crippen molar-refractivity contribution in [2.45, 2.75) is 52.1 Å². The number of aryl methyl sites for hydroxylation is 1. The fourth-order valence-electron chi connectivity index (χ4n) is 2.69. The molecule has 1 aromatic carbocycles. The first kappa shape index (κ1) is 29.7. The minimum absolute atomic E-state index is 0.0648. The molecule has 5 N–H and O–H groups in total. The number of benzene rings is 1. The highest BCUT2D eigenvalue weighted by molar-refractivity contribution is 5.56. The lowest BCUT2D eigenvalue weighted by Crippen LogP contribution is -2.12. The predicted molar refractivity (Wildman–Crippen MR) is 130 cm³/mol. The number of carbonyl (C=O) groups is 1. The average Bonchev–Trinajstić information content (AvgIpc) is 3.44. The van der Waals surface area contributed by atoms with E-state index < -0.39 is 0 Å². The number of rotatable bonds is 2. The van der Waals surface area contributed by atoms with Gasteiger partial charge >= 0.3 is 0 Å². The van der Waals surface area contributed by atoms with Gasteiger partial charge in [0.15, 0.2) is 12.2 Å². The highest BCUT2D eigenvalue weighted by Gasteiger charge is 2.08. The topological polar surface area (TPSA) is 120 Å². The molecule has 2 aliphatic rings. The zero-order valence-electron chi connectivity index (χ0n) is 19.8. The molecule has 0 radical (unpaired) electrons. The van der Waals surface area contributed by atoms with Crippen LogP contribution in [0.4, 0.5) is 0 Å². The molecule has 0 aliphatic carbocycles. The summed E-state index contributed by atoms with van der Waals surface area (Å²) in [5.41, 5.74) is 2.32. The van der Waals surface area contributed by atoms with Gasteiger partial charge in [-0.1, -0.05) is 49.6 Å². The van der Waals surface area contributed by atoms with E-state index in [9.17, 15) is 0 Å². The summed E-state index contributed by atoms with van der Waals surface area (Å²) in [6.07, 6.45) is 9.67. The Morgan fingerprint density at radius 1 is 1.12 bits per heavy atom. The number of β-amino-alcohol motifs (C(OH)–C–C–N with tert-alkyl or cyclic N) is 1. The van der Waals surface area contributed by atoms with Gasteiger partial charge in [0.05, 0.1) is 12.3 Å². The number of aliphatic hydroxyl groups is 1. The van der Waals surface area contributed by atoms with E-state index >= 15 is 0 Å². The van der Waals surface area contributed by atoms with Gasteiger partial charge < -0.3 is 30.6 Å². The van der Waals surface area contributed by atoms with Gasteiger partial charge in [-0.3, -0.25) is 4.79 Å². The molecule has 0 amide bonds. The number of aromatic nitrogens is 1. The molecule has 8 heteroatoms. The molecular weight excluding hydrogens is 408 g/mol. The Kier molecular flexibility index (Phi) is 20.4. The van der Waals surface area contributed by atoms with E-state index in [2.05, 4.69) is 46.9 Å². The van der Waals surface area contributed by atoms with Crippen LogP contribution in [0.3, 0.4) is 0 Å². The molecule has 1 unspecified atom stereocenters. The Balaban J connectivity index is 0.000000414. The maximum absolute atomic E-state index is 8.67. The molecule has 2 aromatic rings. The van der Waals surface area contributed by atoms with Crippen molar-refractivity contribution in [3.8, 4) is 11.3 Å². The van der Waals surface area contributed by atoms with Gasteiger partial charge in [0.1, 0.15) is 0 Å². The summed E-state index contributed by atoms with van der Waals surface area (Å²) in [6, 6.07) is 8.15. The summed E-state index contributed by atoms with van der Waals surface area (Å²) in [6.45, 7) is 9.23. The molecule has 182 valence electrons. The number of oxazole rings is 1. The van der Waals surface area contributed by atoms with Crippen LogP contribution in [0.2, 0.25) is 0 Å². The van der Waals surface area contributed by atoms with E-state index in [4.69, 9.17) is 19.4 Å². The van der Waals surface area contributed by atoms with E-state index in [1.54, 1.807) is 6.20 Å². The minimum Gasteiger partial charge on any atom is -0.483 e. The Bertz CT molecular complexity index is 608. The average molecular weight is 451 g/mol. The maximum Gasteiger partial charge on any atom is 0.290 e. The number of nitrogens with one attached hydrogen (secondary N) is 3.